The molecule has 0 aliphatic carbocycles. The number of ether oxygens (including phenoxy) is 2. The van der Waals surface area contributed by atoms with Crippen molar-refractivity contribution in [2.24, 2.45) is 4.99 Å². The molecule has 1 saturated heterocycles. The van der Waals surface area contributed by atoms with Crippen LogP contribution in [-0.4, -0.2) is 32.3 Å². The lowest BCUT2D eigenvalue weighted by Crippen LogP contribution is -2.36. The SMILES string of the molecule is CCc1ccccc1CNC(=NC)NCc1cccc(COC2CCOCC2)c1. The van der Waals surface area contributed by atoms with Gasteiger partial charge in [-0.3, -0.25) is 4.99 Å². The molecule has 1 aliphatic heterocycles. The van der Waals surface area contributed by atoms with Gasteiger partial charge in [0.05, 0.1) is 12.7 Å². The zero-order valence-corrected chi connectivity index (χ0v) is 17.6. The van der Waals surface area contributed by atoms with Gasteiger partial charge in [-0.1, -0.05) is 55.5 Å². The van der Waals surface area contributed by atoms with Gasteiger partial charge in [-0.25, -0.2) is 0 Å². The van der Waals surface area contributed by atoms with Crippen LogP contribution < -0.4 is 10.6 Å². The van der Waals surface area contributed by atoms with E-state index in [1.54, 1.807) is 7.05 Å². The highest BCUT2D eigenvalue weighted by molar-refractivity contribution is 5.79. The standard InChI is InChI=1S/C24H33N3O2/c1-3-21-9-4-5-10-22(21)17-27-24(25-2)26-16-19-7-6-8-20(15-19)18-29-23-11-13-28-14-12-23/h4-10,15,23H,3,11-14,16-18H2,1-2H3,(H2,25,26,27). The molecule has 0 unspecified atom stereocenters. The summed E-state index contributed by atoms with van der Waals surface area (Å²) < 4.78 is 11.4. The largest absolute Gasteiger partial charge is 0.381 e. The molecule has 156 valence electrons. The Labute approximate surface area is 174 Å². The van der Waals surface area contributed by atoms with Gasteiger partial charge in [0.25, 0.3) is 0 Å². The van der Waals surface area contributed by atoms with Gasteiger partial charge in [-0.2, -0.15) is 0 Å². The molecule has 0 amide bonds. The van der Waals surface area contributed by atoms with Gasteiger partial charge in [0.15, 0.2) is 5.96 Å². The molecule has 0 spiro atoms. The first-order chi connectivity index (χ1) is 14.3. The third-order valence-electron chi connectivity index (χ3n) is 5.27. The van der Waals surface area contributed by atoms with Crippen LogP contribution in [0.4, 0.5) is 0 Å². The highest BCUT2D eigenvalue weighted by Gasteiger charge is 2.14. The predicted octanol–water partition coefficient (Wildman–Crippen LogP) is 3.81. The Morgan fingerprint density at radius 2 is 1.72 bits per heavy atom. The first-order valence-corrected chi connectivity index (χ1v) is 10.6. The fourth-order valence-corrected chi connectivity index (χ4v) is 3.55. The highest BCUT2D eigenvalue weighted by atomic mass is 16.5. The predicted molar refractivity (Wildman–Crippen MR) is 118 cm³/mol. The molecule has 3 rings (SSSR count). The van der Waals surface area contributed by atoms with Crippen molar-refractivity contribution < 1.29 is 9.47 Å². The average Bonchev–Trinajstić information content (AvgIpc) is 2.79. The summed E-state index contributed by atoms with van der Waals surface area (Å²) in [5.74, 6) is 0.805. The van der Waals surface area contributed by atoms with Crippen LogP contribution in [0.25, 0.3) is 0 Å². The van der Waals surface area contributed by atoms with Crippen LogP contribution >= 0.6 is 0 Å². The summed E-state index contributed by atoms with van der Waals surface area (Å²) in [6, 6.07) is 17.1. The lowest BCUT2D eigenvalue weighted by atomic mass is 10.1. The number of nitrogens with one attached hydrogen (secondary N) is 2. The number of aryl methyl sites for hydroxylation is 1. The molecule has 2 aromatic rings. The van der Waals surface area contributed by atoms with E-state index in [2.05, 4.69) is 71.1 Å². The number of hydrogen-bond donors (Lipinski definition) is 2. The number of rotatable bonds is 8. The summed E-state index contributed by atoms with van der Waals surface area (Å²) in [6.45, 7) is 5.94. The highest BCUT2D eigenvalue weighted by Crippen LogP contribution is 2.14. The Morgan fingerprint density at radius 3 is 2.48 bits per heavy atom. The maximum Gasteiger partial charge on any atom is 0.191 e. The smallest absolute Gasteiger partial charge is 0.191 e. The van der Waals surface area contributed by atoms with Crippen LogP contribution in [0.15, 0.2) is 53.5 Å². The minimum Gasteiger partial charge on any atom is -0.381 e. The van der Waals surface area contributed by atoms with E-state index in [0.717, 1.165) is 51.5 Å². The van der Waals surface area contributed by atoms with Crippen molar-refractivity contribution in [2.75, 3.05) is 20.3 Å². The third kappa shape index (κ3) is 6.87. The molecule has 0 bridgehead atoms. The molecule has 0 aromatic heterocycles. The third-order valence-corrected chi connectivity index (χ3v) is 5.27. The summed E-state index contributed by atoms with van der Waals surface area (Å²) in [5.41, 5.74) is 5.10. The maximum absolute atomic E-state index is 6.04. The normalized spacial score (nSPS) is 15.3. The lowest BCUT2D eigenvalue weighted by Gasteiger charge is -2.22. The van der Waals surface area contributed by atoms with Gasteiger partial charge in [-0.05, 0) is 41.5 Å². The number of nitrogens with zero attached hydrogens (tertiary/aromatic N) is 1. The zero-order valence-electron chi connectivity index (χ0n) is 17.6. The van der Waals surface area contributed by atoms with Gasteiger partial charge in [-0.15, -0.1) is 0 Å². The van der Waals surface area contributed by atoms with Crippen molar-refractivity contribution in [1.82, 2.24) is 10.6 Å². The van der Waals surface area contributed by atoms with Crippen LogP contribution in [-0.2, 0) is 35.6 Å². The molecular formula is C24H33N3O2. The van der Waals surface area contributed by atoms with E-state index in [0.29, 0.717) is 12.7 Å². The molecule has 2 N–H and O–H groups in total. The minimum atomic E-state index is 0.319. The fourth-order valence-electron chi connectivity index (χ4n) is 3.55. The van der Waals surface area contributed by atoms with Crippen LogP contribution in [0.2, 0.25) is 0 Å². The molecule has 0 saturated carbocycles. The molecule has 29 heavy (non-hydrogen) atoms. The van der Waals surface area contributed by atoms with Gasteiger partial charge in [0.1, 0.15) is 0 Å². The summed E-state index contributed by atoms with van der Waals surface area (Å²) >= 11 is 0. The van der Waals surface area contributed by atoms with Gasteiger partial charge in [0.2, 0.25) is 0 Å². The van der Waals surface area contributed by atoms with Crippen LogP contribution in [0.1, 0.15) is 42.0 Å². The van der Waals surface area contributed by atoms with Gasteiger partial charge >= 0.3 is 0 Å². The van der Waals surface area contributed by atoms with Crippen molar-refractivity contribution in [2.45, 2.75) is 52.0 Å². The summed E-state index contributed by atoms with van der Waals surface area (Å²) in [5, 5.41) is 6.82. The van der Waals surface area contributed by atoms with Crippen molar-refractivity contribution in [3.63, 3.8) is 0 Å². The molecule has 5 nitrogen and oxygen atoms in total. The molecule has 2 aromatic carbocycles. The van der Waals surface area contributed by atoms with Crippen LogP contribution in [0.5, 0.6) is 0 Å². The average molecular weight is 396 g/mol. The number of guanidine groups is 1. The Morgan fingerprint density at radius 1 is 1.00 bits per heavy atom. The summed E-state index contributed by atoms with van der Waals surface area (Å²) in [4.78, 5) is 4.35. The quantitative estimate of drug-likeness (QED) is 0.527. The first-order valence-electron chi connectivity index (χ1n) is 10.6. The lowest BCUT2D eigenvalue weighted by molar-refractivity contribution is -0.0390. The number of benzene rings is 2. The van der Waals surface area contributed by atoms with E-state index in [1.165, 1.54) is 22.3 Å². The molecule has 0 atom stereocenters. The van der Waals surface area contributed by atoms with Gasteiger partial charge in [0, 0.05) is 33.4 Å². The van der Waals surface area contributed by atoms with E-state index in [1.807, 2.05) is 0 Å². The summed E-state index contributed by atoms with van der Waals surface area (Å²) in [6.07, 6.45) is 3.33. The maximum atomic E-state index is 6.04. The monoisotopic (exact) mass is 395 g/mol. The summed E-state index contributed by atoms with van der Waals surface area (Å²) in [7, 11) is 1.80. The van der Waals surface area contributed by atoms with Crippen molar-refractivity contribution >= 4 is 5.96 Å². The molecule has 5 heteroatoms. The molecule has 1 heterocycles. The van der Waals surface area contributed by atoms with E-state index in [4.69, 9.17) is 9.47 Å². The Kier molecular flexibility index (Phi) is 8.53. The second kappa shape index (κ2) is 11.6. The van der Waals surface area contributed by atoms with Crippen molar-refractivity contribution in [1.29, 1.82) is 0 Å². The molecule has 1 aliphatic rings. The Hall–Kier alpha value is -2.37. The Bertz CT molecular complexity index is 785. The number of aliphatic imine (C=N–C) groups is 1. The van der Waals surface area contributed by atoms with Crippen molar-refractivity contribution in [3.05, 3.63) is 70.8 Å². The zero-order chi connectivity index (χ0) is 20.3. The van der Waals surface area contributed by atoms with E-state index < -0.39 is 0 Å². The van der Waals surface area contributed by atoms with E-state index in [9.17, 15) is 0 Å². The van der Waals surface area contributed by atoms with Gasteiger partial charge < -0.3 is 20.1 Å². The van der Waals surface area contributed by atoms with E-state index in [-0.39, 0.29) is 0 Å². The number of hydrogen-bond acceptors (Lipinski definition) is 3. The van der Waals surface area contributed by atoms with Crippen LogP contribution in [0.3, 0.4) is 0 Å². The second-order valence-electron chi connectivity index (χ2n) is 7.34. The second-order valence-corrected chi connectivity index (χ2v) is 7.34. The first kappa shape index (κ1) is 21.3. The molecule has 1 fully saturated rings. The molecule has 0 radical (unpaired) electrons. The van der Waals surface area contributed by atoms with Crippen molar-refractivity contribution in [3.8, 4) is 0 Å². The van der Waals surface area contributed by atoms with E-state index >= 15 is 0 Å². The minimum absolute atomic E-state index is 0.319. The topological polar surface area (TPSA) is 54.9 Å². The molecular weight excluding hydrogens is 362 g/mol. The Balaban J connectivity index is 1.47. The van der Waals surface area contributed by atoms with Crippen LogP contribution in [0, 0.1) is 0 Å². The fraction of sp³-hybridized carbons (Fsp3) is 0.458.